The number of amides is 1. The SMILES string of the molecule is C=Cc1nc(C(=O)NCc2ccccc2C(F)(F)F)c(N)nc1-n1ccc(C)n1. The summed E-state index contributed by atoms with van der Waals surface area (Å²) in [5, 5.41) is 6.62. The Kier molecular flexibility index (Phi) is 5.35. The molecule has 0 saturated carbocycles. The normalized spacial score (nSPS) is 11.3. The number of aryl methyl sites for hydroxylation is 1. The van der Waals surface area contributed by atoms with E-state index in [4.69, 9.17) is 5.73 Å². The zero-order chi connectivity index (χ0) is 21.2. The van der Waals surface area contributed by atoms with Gasteiger partial charge in [-0.3, -0.25) is 4.79 Å². The number of aromatic nitrogens is 4. The summed E-state index contributed by atoms with van der Waals surface area (Å²) < 4.78 is 40.7. The summed E-state index contributed by atoms with van der Waals surface area (Å²) in [6.45, 7) is 5.09. The highest BCUT2D eigenvalue weighted by atomic mass is 19.4. The van der Waals surface area contributed by atoms with Crippen molar-refractivity contribution in [2.75, 3.05) is 5.73 Å². The lowest BCUT2D eigenvalue weighted by Gasteiger charge is -2.14. The third-order valence-electron chi connectivity index (χ3n) is 4.04. The van der Waals surface area contributed by atoms with Crippen LogP contribution in [-0.2, 0) is 12.7 Å². The van der Waals surface area contributed by atoms with Crippen LogP contribution in [0.5, 0.6) is 0 Å². The van der Waals surface area contributed by atoms with Crippen molar-refractivity contribution in [3.05, 3.63) is 71.3 Å². The van der Waals surface area contributed by atoms with Gasteiger partial charge in [-0.25, -0.2) is 14.6 Å². The first-order valence-corrected chi connectivity index (χ1v) is 8.46. The van der Waals surface area contributed by atoms with Crippen molar-refractivity contribution in [3.63, 3.8) is 0 Å². The Bertz CT molecular complexity index is 1070. The molecule has 3 aromatic rings. The van der Waals surface area contributed by atoms with Gasteiger partial charge in [0.2, 0.25) is 0 Å². The fourth-order valence-electron chi connectivity index (χ4n) is 2.67. The maximum absolute atomic E-state index is 13.1. The van der Waals surface area contributed by atoms with E-state index in [0.29, 0.717) is 0 Å². The number of alkyl halides is 3. The molecule has 0 aliphatic rings. The second-order valence-electron chi connectivity index (χ2n) is 6.11. The van der Waals surface area contributed by atoms with Crippen molar-refractivity contribution in [2.24, 2.45) is 0 Å². The molecule has 0 radical (unpaired) electrons. The van der Waals surface area contributed by atoms with Crippen molar-refractivity contribution < 1.29 is 18.0 Å². The molecule has 0 aliphatic carbocycles. The Labute approximate surface area is 164 Å². The zero-order valence-corrected chi connectivity index (χ0v) is 15.4. The molecule has 1 aromatic carbocycles. The topological polar surface area (TPSA) is 98.7 Å². The smallest absolute Gasteiger partial charge is 0.382 e. The lowest BCUT2D eigenvalue weighted by Crippen LogP contribution is -2.27. The van der Waals surface area contributed by atoms with Gasteiger partial charge in [-0.1, -0.05) is 24.8 Å². The molecule has 0 unspecified atom stereocenters. The molecule has 7 nitrogen and oxygen atoms in total. The fourth-order valence-corrected chi connectivity index (χ4v) is 2.67. The highest BCUT2D eigenvalue weighted by molar-refractivity contribution is 5.96. The minimum atomic E-state index is -4.53. The molecule has 0 saturated heterocycles. The summed E-state index contributed by atoms with van der Waals surface area (Å²) in [6.07, 6.45) is -1.49. The van der Waals surface area contributed by atoms with Gasteiger partial charge in [-0.2, -0.15) is 18.3 Å². The third-order valence-corrected chi connectivity index (χ3v) is 4.04. The van der Waals surface area contributed by atoms with Gasteiger partial charge in [0.25, 0.3) is 5.91 Å². The molecule has 2 aromatic heterocycles. The molecule has 150 valence electrons. The van der Waals surface area contributed by atoms with Gasteiger partial charge in [-0.15, -0.1) is 0 Å². The Morgan fingerprint density at radius 2 is 2.00 bits per heavy atom. The third kappa shape index (κ3) is 4.26. The van der Waals surface area contributed by atoms with Crippen LogP contribution in [0.2, 0.25) is 0 Å². The second-order valence-corrected chi connectivity index (χ2v) is 6.11. The van der Waals surface area contributed by atoms with E-state index in [9.17, 15) is 18.0 Å². The van der Waals surface area contributed by atoms with Crippen LogP contribution in [0.15, 0.2) is 43.1 Å². The largest absolute Gasteiger partial charge is 0.416 e. The number of nitrogens with zero attached hydrogens (tertiary/aromatic N) is 4. The molecule has 3 rings (SSSR count). The number of nitrogens with two attached hydrogens (primary N) is 1. The molecule has 0 atom stereocenters. The molecular formula is C19H17F3N6O. The minimum Gasteiger partial charge on any atom is -0.382 e. The molecule has 0 aliphatic heterocycles. The average Bonchev–Trinajstić information content (AvgIpc) is 3.11. The van der Waals surface area contributed by atoms with E-state index >= 15 is 0 Å². The molecule has 2 heterocycles. The summed E-state index contributed by atoms with van der Waals surface area (Å²) in [4.78, 5) is 20.8. The van der Waals surface area contributed by atoms with E-state index in [1.54, 1.807) is 19.2 Å². The number of carbonyl (C=O) groups is 1. The molecule has 0 bridgehead atoms. The highest BCUT2D eigenvalue weighted by Crippen LogP contribution is 2.31. The van der Waals surface area contributed by atoms with Gasteiger partial charge in [0.05, 0.1) is 11.3 Å². The lowest BCUT2D eigenvalue weighted by atomic mass is 10.1. The first-order chi connectivity index (χ1) is 13.7. The second kappa shape index (κ2) is 7.74. The lowest BCUT2D eigenvalue weighted by molar-refractivity contribution is -0.138. The maximum Gasteiger partial charge on any atom is 0.416 e. The summed E-state index contributed by atoms with van der Waals surface area (Å²) in [5.74, 6) is -0.650. The fraction of sp³-hybridized carbons (Fsp3) is 0.158. The van der Waals surface area contributed by atoms with Crippen LogP contribution in [0.3, 0.4) is 0 Å². The first-order valence-electron chi connectivity index (χ1n) is 8.46. The van der Waals surface area contributed by atoms with Gasteiger partial charge in [0, 0.05) is 12.7 Å². The van der Waals surface area contributed by atoms with Crippen molar-refractivity contribution >= 4 is 17.8 Å². The number of nitrogens with one attached hydrogen (secondary N) is 1. The number of rotatable bonds is 5. The maximum atomic E-state index is 13.1. The first kappa shape index (κ1) is 20.1. The number of carbonyl (C=O) groups excluding carboxylic acids is 1. The van der Waals surface area contributed by atoms with Gasteiger partial charge >= 0.3 is 6.18 Å². The zero-order valence-electron chi connectivity index (χ0n) is 15.4. The summed E-state index contributed by atoms with van der Waals surface area (Å²) in [5.41, 5.74) is 5.75. The molecule has 29 heavy (non-hydrogen) atoms. The van der Waals surface area contributed by atoms with Gasteiger partial charge in [-0.05, 0) is 30.7 Å². The van der Waals surface area contributed by atoms with E-state index in [1.165, 1.54) is 29.0 Å². The number of nitrogen functional groups attached to an aromatic ring is 1. The predicted octanol–water partition coefficient (Wildman–Crippen LogP) is 3.14. The van der Waals surface area contributed by atoms with Crippen LogP contribution in [-0.4, -0.2) is 25.7 Å². The number of hydrogen-bond donors (Lipinski definition) is 2. The number of benzene rings is 1. The summed E-state index contributed by atoms with van der Waals surface area (Å²) >= 11 is 0. The average molecular weight is 402 g/mol. The van der Waals surface area contributed by atoms with Crippen LogP contribution in [0.4, 0.5) is 19.0 Å². The van der Waals surface area contributed by atoms with E-state index in [1.807, 2.05) is 0 Å². The van der Waals surface area contributed by atoms with E-state index in [0.717, 1.165) is 11.8 Å². The molecular weight excluding hydrogens is 385 g/mol. The van der Waals surface area contributed by atoms with E-state index in [2.05, 4.69) is 27.0 Å². The molecule has 1 amide bonds. The summed E-state index contributed by atoms with van der Waals surface area (Å²) in [7, 11) is 0. The van der Waals surface area contributed by atoms with Crippen molar-refractivity contribution in [1.29, 1.82) is 0 Å². The van der Waals surface area contributed by atoms with Crippen LogP contribution in [0.1, 0.15) is 33.0 Å². The Morgan fingerprint density at radius 3 is 2.62 bits per heavy atom. The quantitative estimate of drug-likeness (QED) is 0.683. The Morgan fingerprint density at radius 1 is 1.28 bits per heavy atom. The molecule has 3 N–H and O–H groups in total. The number of anilines is 1. The monoisotopic (exact) mass is 402 g/mol. The highest BCUT2D eigenvalue weighted by Gasteiger charge is 2.33. The van der Waals surface area contributed by atoms with Crippen LogP contribution in [0, 0.1) is 6.92 Å². The number of hydrogen-bond acceptors (Lipinski definition) is 5. The van der Waals surface area contributed by atoms with E-state index < -0.39 is 17.6 Å². The van der Waals surface area contributed by atoms with Crippen LogP contribution < -0.4 is 11.1 Å². The van der Waals surface area contributed by atoms with Crippen molar-refractivity contribution in [3.8, 4) is 5.82 Å². The Hall–Kier alpha value is -3.69. The van der Waals surface area contributed by atoms with Crippen LogP contribution in [0.25, 0.3) is 11.9 Å². The van der Waals surface area contributed by atoms with Gasteiger partial charge in [0.1, 0.15) is 5.69 Å². The number of halogens is 3. The minimum absolute atomic E-state index is 0.0764. The van der Waals surface area contributed by atoms with Crippen molar-refractivity contribution in [1.82, 2.24) is 25.1 Å². The van der Waals surface area contributed by atoms with E-state index in [-0.39, 0.29) is 35.1 Å². The van der Waals surface area contributed by atoms with Gasteiger partial charge < -0.3 is 11.1 Å². The predicted molar refractivity (Wildman–Crippen MR) is 101 cm³/mol. The Balaban J connectivity index is 1.86. The summed E-state index contributed by atoms with van der Waals surface area (Å²) in [6, 6.07) is 6.73. The standard InChI is InChI=1S/C19H17F3N6O/c1-3-14-17(28-9-8-11(2)27-28)26-16(23)15(25-14)18(29)24-10-12-6-4-5-7-13(12)19(20,21)22/h3-9H,1,10H2,2H3,(H2,23,26)(H,24,29). The van der Waals surface area contributed by atoms with Crippen LogP contribution >= 0.6 is 0 Å². The van der Waals surface area contributed by atoms with Gasteiger partial charge in [0.15, 0.2) is 17.3 Å². The van der Waals surface area contributed by atoms with Crippen molar-refractivity contribution in [2.45, 2.75) is 19.6 Å². The molecule has 10 heteroatoms. The molecule has 0 fully saturated rings. The molecule has 0 spiro atoms.